The molecule has 2 rings (SSSR count). The lowest BCUT2D eigenvalue weighted by Gasteiger charge is -2.18. The lowest BCUT2D eigenvalue weighted by molar-refractivity contribution is 0.0947. The highest BCUT2D eigenvalue weighted by molar-refractivity contribution is 6.30. The van der Waals surface area contributed by atoms with Crippen molar-refractivity contribution < 1.29 is 9.18 Å². The zero-order valence-corrected chi connectivity index (χ0v) is 14.7. The molecule has 3 nitrogen and oxygen atoms in total. The highest BCUT2D eigenvalue weighted by Gasteiger charge is 2.11. The van der Waals surface area contributed by atoms with Gasteiger partial charge < -0.3 is 5.32 Å². The summed E-state index contributed by atoms with van der Waals surface area (Å²) < 4.78 is 13.7. The second-order valence-corrected chi connectivity index (χ2v) is 6.02. The number of nitrogens with one attached hydrogen (secondary N) is 1. The molecule has 0 saturated heterocycles. The van der Waals surface area contributed by atoms with Gasteiger partial charge in [-0.3, -0.25) is 9.69 Å². The number of halogens is 2. The fourth-order valence-corrected chi connectivity index (χ4v) is 2.58. The van der Waals surface area contributed by atoms with Crippen LogP contribution in [0.25, 0.3) is 0 Å². The van der Waals surface area contributed by atoms with Crippen LogP contribution in [0.1, 0.15) is 35.3 Å². The average Bonchev–Trinajstić information content (AvgIpc) is 2.58. The quantitative estimate of drug-likeness (QED) is 0.811. The van der Waals surface area contributed by atoms with Crippen molar-refractivity contribution in [3.63, 3.8) is 0 Å². The van der Waals surface area contributed by atoms with Crippen molar-refractivity contribution in [3.05, 3.63) is 70.0 Å². The summed E-state index contributed by atoms with van der Waals surface area (Å²) in [5.41, 5.74) is 2.20. The van der Waals surface area contributed by atoms with Crippen LogP contribution in [0, 0.1) is 5.82 Å². The van der Waals surface area contributed by atoms with Crippen molar-refractivity contribution in [3.8, 4) is 0 Å². The Hall–Kier alpha value is -1.91. The van der Waals surface area contributed by atoms with Gasteiger partial charge in [0, 0.05) is 18.1 Å². The van der Waals surface area contributed by atoms with Crippen LogP contribution >= 0.6 is 11.6 Å². The van der Waals surface area contributed by atoms with Gasteiger partial charge in [0.25, 0.3) is 5.91 Å². The smallest absolute Gasteiger partial charge is 0.254 e. The average molecular weight is 349 g/mol. The first kappa shape index (κ1) is 18.4. The zero-order valence-electron chi connectivity index (χ0n) is 14.0. The predicted octanol–water partition coefficient (Wildman–Crippen LogP) is 4.25. The molecule has 0 saturated carbocycles. The van der Waals surface area contributed by atoms with E-state index >= 15 is 0 Å². The van der Waals surface area contributed by atoms with Gasteiger partial charge in [0.05, 0.1) is 5.56 Å². The van der Waals surface area contributed by atoms with Crippen LogP contribution in [0.15, 0.2) is 42.5 Å². The molecule has 0 radical (unpaired) electrons. The maximum atomic E-state index is 13.7. The lowest BCUT2D eigenvalue weighted by Crippen LogP contribution is -2.24. The Bertz CT molecular complexity index is 684. The number of hydrogen-bond acceptors (Lipinski definition) is 2. The van der Waals surface area contributed by atoms with E-state index in [0.29, 0.717) is 6.54 Å². The van der Waals surface area contributed by atoms with Gasteiger partial charge >= 0.3 is 0 Å². The summed E-state index contributed by atoms with van der Waals surface area (Å²) in [6, 6.07) is 12.1. The molecule has 5 heteroatoms. The van der Waals surface area contributed by atoms with Crippen LogP contribution in [-0.4, -0.2) is 23.9 Å². The van der Waals surface area contributed by atoms with E-state index in [2.05, 4.69) is 36.2 Å². The van der Waals surface area contributed by atoms with Crippen LogP contribution in [-0.2, 0) is 13.1 Å². The Morgan fingerprint density at radius 1 is 1.08 bits per heavy atom. The van der Waals surface area contributed by atoms with Gasteiger partial charge in [-0.25, -0.2) is 4.39 Å². The summed E-state index contributed by atoms with van der Waals surface area (Å²) in [5, 5.41) is 3.00. The Morgan fingerprint density at radius 2 is 1.71 bits per heavy atom. The number of carbonyl (C=O) groups is 1. The van der Waals surface area contributed by atoms with E-state index in [1.54, 1.807) is 0 Å². The van der Waals surface area contributed by atoms with Crippen LogP contribution < -0.4 is 5.32 Å². The van der Waals surface area contributed by atoms with Crippen molar-refractivity contribution in [2.24, 2.45) is 0 Å². The molecule has 0 aromatic heterocycles. The molecule has 128 valence electrons. The molecule has 0 aliphatic rings. The van der Waals surface area contributed by atoms with E-state index in [9.17, 15) is 9.18 Å². The topological polar surface area (TPSA) is 32.3 Å². The monoisotopic (exact) mass is 348 g/mol. The third-order valence-electron chi connectivity index (χ3n) is 3.95. The number of carbonyl (C=O) groups excluding carboxylic acids is 1. The first-order valence-corrected chi connectivity index (χ1v) is 8.44. The Kier molecular flexibility index (Phi) is 6.76. The van der Waals surface area contributed by atoms with Crippen LogP contribution in [0.4, 0.5) is 4.39 Å². The second kappa shape index (κ2) is 8.81. The summed E-state index contributed by atoms with van der Waals surface area (Å²) >= 11 is 5.69. The number of hydrogen-bond donors (Lipinski definition) is 1. The van der Waals surface area contributed by atoms with Gasteiger partial charge in [-0.05, 0) is 42.4 Å². The molecule has 0 aliphatic carbocycles. The van der Waals surface area contributed by atoms with Gasteiger partial charge in [0.15, 0.2) is 0 Å². The summed E-state index contributed by atoms with van der Waals surface area (Å²) in [7, 11) is 0. The van der Waals surface area contributed by atoms with Gasteiger partial charge in [-0.15, -0.1) is 0 Å². The molecule has 0 bridgehead atoms. The molecule has 2 aromatic carbocycles. The van der Waals surface area contributed by atoms with Crippen molar-refractivity contribution in [2.75, 3.05) is 13.1 Å². The second-order valence-electron chi connectivity index (χ2n) is 5.58. The minimum atomic E-state index is -0.616. The van der Waals surface area contributed by atoms with E-state index in [0.717, 1.165) is 31.3 Å². The third kappa shape index (κ3) is 5.05. The van der Waals surface area contributed by atoms with Gasteiger partial charge in [0.2, 0.25) is 0 Å². The molecule has 0 heterocycles. The van der Waals surface area contributed by atoms with Gasteiger partial charge in [0.1, 0.15) is 5.82 Å². The Labute approximate surface area is 147 Å². The maximum Gasteiger partial charge on any atom is 0.254 e. The van der Waals surface area contributed by atoms with Crippen molar-refractivity contribution in [2.45, 2.75) is 26.9 Å². The van der Waals surface area contributed by atoms with E-state index in [1.165, 1.54) is 17.7 Å². The fraction of sp³-hybridized carbons (Fsp3) is 0.316. The summed E-state index contributed by atoms with van der Waals surface area (Å²) in [4.78, 5) is 14.4. The predicted molar refractivity (Wildman–Crippen MR) is 95.6 cm³/mol. The number of nitrogens with zero attached hydrogens (tertiary/aromatic N) is 1. The first-order chi connectivity index (χ1) is 11.5. The molecular formula is C19H22ClFN2O. The maximum absolute atomic E-state index is 13.7. The highest BCUT2D eigenvalue weighted by atomic mass is 35.5. The van der Waals surface area contributed by atoms with Crippen molar-refractivity contribution >= 4 is 17.5 Å². The normalized spacial score (nSPS) is 10.9. The molecule has 0 fully saturated rings. The number of benzene rings is 2. The van der Waals surface area contributed by atoms with Crippen LogP contribution in [0.2, 0.25) is 5.02 Å². The molecule has 24 heavy (non-hydrogen) atoms. The minimum absolute atomic E-state index is 0.00227. The zero-order chi connectivity index (χ0) is 17.5. The van der Waals surface area contributed by atoms with Crippen molar-refractivity contribution in [1.82, 2.24) is 10.2 Å². The van der Waals surface area contributed by atoms with Crippen molar-refractivity contribution in [1.29, 1.82) is 0 Å². The molecule has 0 atom stereocenters. The SMILES string of the molecule is CCN(CC)Cc1ccc(CNC(=O)c2ccc(Cl)cc2F)cc1. The molecule has 0 unspecified atom stereocenters. The molecule has 1 amide bonds. The standard InChI is InChI=1S/C19H22ClFN2O/c1-3-23(4-2)13-15-7-5-14(6-8-15)12-22-19(24)17-10-9-16(20)11-18(17)21/h5-11H,3-4,12-13H2,1-2H3,(H,22,24). The molecule has 2 aromatic rings. The van der Waals surface area contributed by atoms with Gasteiger partial charge in [-0.2, -0.15) is 0 Å². The van der Waals surface area contributed by atoms with E-state index in [-0.39, 0.29) is 10.6 Å². The number of rotatable bonds is 7. The van der Waals surface area contributed by atoms with Gasteiger partial charge in [-0.1, -0.05) is 49.7 Å². The third-order valence-corrected chi connectivity index (χ3v) is 4.19. The summed E-state index contributed by atoms with van der Waals surface area (Å²) in [6.07, 6.45) is 0. The van der Waals surface area contributed by atoms with E-state index in [1.807, 2.05) is 12.1 Å². The summed E-state index contributed by atoms with van der Waals surface area (Å²) in [6.45, 7) is 7.58. The molecule has 1 N–H and O–H groups in total. The van der Waals surface area contributed by atoms with Crippen LogP contribution in [0.5, 0.6) is 0 Å². The molecule has 0 aliphatic heterocycles. The summed E-state index contributed by atoms with van der Waals surface area (Å²) in [5.74, 6) is -1.06. The largest absolute Gasteiger partial charge is 0.348 e. The van der Waals surface area contributed by atoms with E-state index < -0.39 is 11.7 Å². The van der Waals surface area contributed by atoms with E-state index in [4.69, 9.17) is 11.6 Å². The Morgan fingerprint density at radius 3 is 2.29 bits per heavy atom. The lowest BCUT2D eigenvalue weighted by atomic mass is 10.1. The fourth-order valence-electron chi connectivity index (χ4n) is 2.42. The molecule has 0 spiro atoms. The first-order valence-electron chi connectivity index (χ1n) is 8.07. The highest BCUT2D eigenvalue weighted by Crippen LogP contribution is 2.15. The number of amides is 1. The Balaban J connectivity index is 1.93. The molecular weight excluding hydrogens is 327 g/mol. The minimum Gasteiger partial charge on any atom is -0.348 e. The van der Waals surface area contributed by atoms with Crippen LogP contribution in [0.3, 0.4) is 0 Å².